The number of hydrogen-bond donors (Lipinski definition) is 0. The molecular weight excluding hydrogens is 258 g/mol. The van der Waals surface area contributed by atoms with Crippen LogP contribution in [0.3, 0.4) is 0 Å². The van der Waals surface area contributed by atoms with Gasteiger partial charge < -0.3 is 4.90 Å². The van der Waals surface area contributed by atoms with Crippen molar-refractivity contribution in [3.05, 3.63) is 54.9 Å². The second-order valence-corrected chi connectivity index (χ2v) is 4.95. The Morgan fingerprint density at radius 3 is 2.38 bits per heavy atom. The number of rotatable bonds is 4. The summed E-state index contributed by atoms with van der Waals surface area (Å²) >= 11 is 0. The molecule has 0 bridgehead atoms. The number of benzene rings is 1. The molecule has 3 heteroatoms. The van der Waals surface area contributed by atoms with Crippen molar-refractivity contribution >= 4 is 16.6 Å². The molecule has 0 saturated carbocycles. The molecule has 1 aromatic carbocycles. The van der Waals surface area contributed by atoms with E-state index in [0.717, 1.165) is 29.9 Å². The average Bonchev–Trinajstić information content (AvgIpc) is 2.56. The second-order valence-electron chi connectivity index (χ2n) is 4.95. The van der Waals surface area contributed by atoms with Crippen LogP contribution >= 0.6 is 0 Å². The van der Waals surface area contributed by atoms with Gasteiger partial charge in [-0.25, -0.2) is 4.98 Å². The van der Waals surface area contributed by atoms with Crippen LogP contribution in [0.25, 0.3) is 22.2 Å². The van der Waals surface area contributed by atoms with Crippen molar-refractivity contribution in [3.63, 3.8) is 0 Å². The molecule has 0 aliphatic rings. The molecule has 0 radical (unpaired) electrons. The van der Waals surface area contributed by atoms with Crippen molar-refractivity contribution in [1.82, 2.24) is 9.97 Å². The number of nitrogens with zero attached hydrogens (tertiary/aromatic N) is 3. The maximum absolute atomic E-state index is 4.80. The Balaban J connectivity index is 2.24. The van der Waals surface area contributed by atoms with Crippen LogP contribution in [0.15, 0.2) is 54.9 Å². The monoisotopic (exact) mass is 277 g/mol. The molecular formula is C18H19N3. The molecule has 3 aromatic rings. The lowest BCUT2D eigenvalue weighted by Crippen LogP contribution is -2.22. The Morgan fingerprint density at radius 2 is 1.67 bits per heavy atom. The quantitative estimate of drug-likeness (QED) is 0.717. The molecule has 3 nitrogen and oxygen atoms in total. The van der Waals surface area contributed by atoms with Gasteiger partial charge in [0.15, 0.2) is 0 Å². The van der Waals surface area contributed by atoms with Gasteiger partial charge >= 0.3 is 0 Å². The number of hydrogen-bond acceptors (Lipinski definition) is 3. The summed E-state index contributed by atoms with van der Waals surface area (Å²) in [5.74, 6) is 0. The number of fused-ring (bicyclic) bond motifs is 1. The zero-order chi connectivity index (χ0) is 14.7. The summed E-state index contributed by atoms with van der Waals surface area (Å²) in [5.41, 5.74) is 4.38. The Kier molecular flexibility index (Phi) is 3.82. The minimum Gasteiger partial charge on any atom is -0.371 e. The molecule has 106 valence electrons. The fourth-order valence-electron chi connectivity index (χ4n) is 2.65. The van der Waals surface area contributed by atoms with Crippen LogP contribution in [-0.2, 0) is 0 Å². The zero-order valence-electron chi connectivity index (χ0n) is 12.5. The van der Waals surface area contributed by atoms with Gasteiger partial charge in [-0.1, -0.05) is 18.2 Å². The van der Waals surface area contributed by atoms with Crippen LogP contribution in [0.4, 0.5) is 5.69 Å². The minimum absolute atomic E-state index is 0.986. The van der Waals surface area contributed by atoms with Gasteiger partial charge in [-0.3, -0.25) is 4.98 Å². The second kappa shape index (κ2) is 5.92. The molecule has 0 unspecified atom stereocenters. The summed E-state index contributed by atoms with van der Waals surface area (Å²) < 4.78 is 0. The van der Waals surface area contributed by atoms with Crippen LogP contribution in [0.1, 0.15) is 13.8 Å². The highest BCUT2D eigenvalue weighted by Crippen LogP contribution is 2.30. The molecule has 3 rings (SSSR count). The van der Waals surface area contributed by atoms with Crippen LogP contribution in [0, 0.1) is 0 Å². The lowest BCUT2D eigenvalue weighted by molar-refractivity contribution is 0.870. The Labute approximate surface area is 125 Å². The topological polar surface area (TPSA) is 29.0 Å². The fraction of sp³-hybridized carbons (Fsp3) is 0.222. The van der Waals surface area contributed by atoms with E-state index in [9.17, 15) is 0 Å². The van der Waals surface area contributed by atoms with Crippen LogP contribution in [-0.4, -0.2) is 23.1 Å². The van der Waals surface area contributed by atoms with E-state index in [1.54, 1.807) is 0 Å². The van der Waals surface area contributed by atoms with Crippen molar-refractivity contribution in [1.29, 1.82) is 0 Å². The first kappa shape index (κ1) is 13.6. The molecule has 0 aliphatic heterocycles. The largest absolute Gasteiger partial charge is 0.371 e. The molecule has 2 heterocycles. The fourth-order valence-corrected chi connectivity index (χ4v) is 2.65. The molecule has 0 amide bonds. The molecule has 0 N–H and O–H groups in total. The standard InChI is InChI=1S/C18H19N3/c1-3-21(4-2)18-13-17(14-9-11-19-12-10-14)20-16-8-6-5-7-15(16)18/h5-13H,3-4H2,1-2H3. The smallest absolute Gasteiger partial charge is 0.0731 e. The summed E-state index contributed by atoms with van der Waals surface area (Å²) in [4.78, 5) is 11.3. The average molecular weight is 277 g/mol. The Morgan fingerprint density at radius 1 is 0.952 bits per heavy atom. The minimum atomic E-state index is 0.986. The predicted molar refractivity (Wildman–Crippen MR) is 88.5 cm³/mol. The van der Waals surface area contributed by atoms with Gasteiger partial charge in [0, 0.05) is 42.1 Å². The summed E-state index contributed by atoms with van der Waals surface area (Å²) in [6.45, 7) is 6.34. The van der Waals surface area contributed by atoms with Crippen molar-refractivity contribution < 1.29 is 0 Å². The SMILES string of the molecule is CCN(CC)c1cc(-c2ccncc2)nc2ccccc12. The third-order valence-electron chi connectivity index (χ3n) is 3.77. The highest BCUT2D eigenvalue weighted by molar-refractivity contribution is 5.94. The number of para-hydroxylation sites is 1. The van der Waals surface area contributed by atoms with Gasteiger partial charge in [0.25, 0.3) is 0 Å². The summed E-state index contributed by atoms with van der Waals surface area (Å²) in [6.07, 6.45) is 3.62. The number of pyridine rings is 2. The van der Waals surface area contributed by atoms with Crippen LogP contribution < -0.4 is 4.90 Å². The summed E-state index contributed by atoms with van der Waals surface area (Å²) in [5, 5.41) is 1.21. The maximum Gasteiger partial charge on any atom is 0.0731 e. The molecule has 0 spiro atoms. The van der Waals surface area contributed by atoms with E-state index in [2.05, 4.69) is 48.0 Å². The lowest BCUT2D eigenvalue weighted by Gasteiger charge is -2.23. The van der Waals surface area contributed by atoms with Crippen LogP contribution in [0.5, 0.6) is 0 Å². The molecule has 21 heavy (non-hydrogen) atoms. The highest BCUT2D eigenvalue weighted by atomic mass is 15.1. The van der Waals surface area contributed by atoms with E-state index in [1.807, 2.05) is 30.6 Å². The van der Waals surface area contributed by atoms with E-state index in [4.69, 9.17) is 4.98 Å². The molecule has 0 saturated heterocycles. The van der Waals surface area contributed by atoms with Crippen LogP contribution in [0.2, 0.25) is 0 Å². The number of aromatic nitrogens is 2. The van der Waals surface area contributed by atoms with Gasteiger partial charge in [-0.05, 0) is 38.1 Å². The van der Waals surface area contributed by atoms with E-state index in [-0.39, 0.29) is 0 Å². The maximum atomic E-state index is 4.80. The third-order valence-corrected chi connectivity index (χ3v) is 3.77. The van der Waals surface area contributed by atoms with Crippen molar-refractivity contribution in [3.8, 4) is 11.3 Å². The van der Waals surface area contributed by atoms with E-state index < -0.39 is 0 Å². The van der Waals surface area contributed by atoms with E-state index in [0.29, 0.717) is 0 Å². The zero-order valence-corrected chi connectivity index (χ0v) is 12.5. The van der Waals surface area contributed by atoms with Gasteiger partial charge in [-0.15, -0.1) is 0 Å². The normalized spacial score (nSPS) is 10.8. The van der Waals surface area contributed by atoms with Gasteiger partial charge in [0.2, 0.25) is 0 Å². The molecule has 0 aliphatic carbocycles. The lowest BCUT2D eigenvalue weighted by atomic mass is 10.1. The molecule has 0 atom stereocenters. The van der Waals surface area contributed by atoms with Gasteiger partial charge in [0.1, 0.15) is 0 Å². The predicted octanol–water partition coefficient (Wildman–Crippen LogP) is 4.14. The highest BCUT2D eigenvalue weighted by Gasteiger charge is 2.11. The number of anilines is 1. The van der Waals surface area contributed by atoms with Crippen molar-refractivity contribution in [2.45, 2.75) is 13.8 Å². The first-order chi connectivity index (χ1) is 10.3. The first-order valence-corrected chi connectivity index (χ1v) is 7.38. The molecule has 0 fully saturated rings. The third kappa shape index (κ3) is 2.59. The van der Waals surface area contributed by atoms with Gasteiger partial charge in [0.05, 0.1) is 11.2 Å². The van der Waals surface area contributed by atoms with E-state index in [1.165, 1.54) is 11.1 Å². The Bertz CT molecular complexity index is 734. The molecule has 2 aromatic heterocycles. The Hall–Kier alpha value is -2.42. The van der Waals surface area contributed by atoms with Gasteiger partial charge in [-0.2, -0.15) is 0 Å². The van der Waals surface area contributed by atoms with Crippen molar-refractivity contribution in [2.24, 2.45) is 0 Å². The van der Waals surface area contributed by atoms with Crippen molar-refractivity contribution in [2.75, 3.05) is 18.0 Å². The summed E-state index contributed by atoms with van der Waals surface area (Å²) in [7, 11) is 0. The summed E-state index contributed by atoms with van der Waals surface area (Å²) in [6, 6.07) is 14.5. The van der Waals surface area contributed by atoms with E-state index >= 15 is 0 Å². The first-order valence-electron chi connectivity index (χ1n) is 7.38.